The highest BCUT2D eigenvalue weighted by Gasteiger charge is 2.09. The predicted octanol–water partition coefficient (Wildman–Crippen LogP) is 3.78. The van der Waals surface area contributed by atoms with Crippen LogP contribution >= 0.6 is 0 Å². The Morgan fingerprint density at radius 1 is 1.29 bits per heavy atom. The van der Waals surface area contributed by atoms with Crippen LogP contribution in [0.3, 0.4) is 0 Å². The number of rotatable bonds is 7. The predicted molar refractivity (Wildman–Crippen MR) is 71.6 cm³/mol. The summed E-state index contributed by atoms with van der Waals surface area (Å²) in [5, 5.41) is 3.49. The highest BCUT2D eigenvalue weighted by atomic mass is 19.1. The Kier molecular flexibility index (Phi) is 6.20. The van der Waals surface area contributed by atoms with E-state index < -0.39 is 0 Å². The molecule has 1 aromatic carbocycles. The second-order valence-corrected chi connectivity index (χ2v) is 5.03. The summed E-state index contributed by atoms with van der Waals surface area (Å²) in [7, 11) is 0. The van der Waals surface area contributed by atoms with Crippen LogP contribution in [-0.4, -0.2) is 12.6 Å². The first kappa shape index (κ1) is 14.2. The van der Waals surface area contributed by atoms with Crippen LogP contribution in [0.5, 0.6) is 0 Å². The Hall–Kier alpha value is -0.890. The molecule has 0 amide bonds. The standard InChI is InChI=1S/C15H24FN/c1-4-8-17-13(3)9-12(2)10-14-6-5-7-15(16)11-14/h5-7,11-13,17H,4,8-10H2,1-3H3. The molecule has 2 atom stereocenters. The second kappa shape index (κ2) is 7.44. The Morgan fingerprint density at radius 2 is 2.06 bits per heavy atom. The van der Waals surface area contributed by atoms with E-state index in [0.717, 1.165) is 24.9 Å². The van der Waals surface area contributed by atoms with Crippen molar-refractivity contribution >= 4 is 0 Å². The first-order valence-electron chi connectivity index (χ1n) is 6.59. The van der Waals surface area contributed by atoms with Crippen molar-refractivity contribution in [3.8, 4) is 0 Å². The quantitative estimate of drug-likeness (QED) is 0.761. The van der Waals surface area contributed by atoms with Gasteiger partial charge < -0.3 is 5.32 Å². The van der Waals surface area contributed by atoms with Gasteiger partial charge in [0.05, 0.1) is 0 Å². The summed E-state index contributed by atoms with van der Waals surface area (Å²) in [6.07, 6.45) is 3.26. The van der Waals surface area contributed by atoms with Crippen molar-refractivity contribution in [1.29, 1.82) is 0 Å². The molecule has 0 saturated carbocycles. The third kappa shape index (κ3) is 5.83. The summed E-state index contributed by atoms with van der Waals surface area (Å²) in [6.45, 7) is 7.70. The number of nitrogens with one attached hydrogen (secondary N) is 1. The van der Waals surface area contributed by atoms with Gasteiger partial charge in [-0.05, 0) is 56.3 Å². The van der Waals surface area contributed by atoms with Gasteiger partial charge in [-0.1, -0.05) is 26.0 Å². The third-order valence-corrected chi connectivity index (χ3v) is 2.97. The fourth-order valence-corrected chi connectivity index (χ4v) is 2.23. The zero-order valence-corrected chi connectivity index (χ0v) is 11.2. The van der Waals surface area contributed by atoms with Crippen molar-refractivity contribution in [2.45, 2.75) is 46.1 Å². The van der Waals surface area contributed by atoms with Gasteiger partial charge in [0.2, 0.25) is 0 Å². The maximum absolute atomic E-state index is 13.0. The Morgan fingerprint density at radius 3 is 2.71 bits per heavy atom. The zero-order valence-electron chi connectivity index (χ0n) is 11.2. The third-order valence-electron chi connectivity index (χ3n) is 2.97. The molecule has 0 saturated heterocycles. The van der Waals surface area contributed by atoms with Gasteiger partial charge in [0.15, 0.2) is 0 Å². The molecule has 1 aromatic rings. The van der Waals surface area contributed by atoms with Gasteiger partial charge in [-0.3, -0.25) is 0 Å². The van der Waals surface area contributed by atoms with E-state index in [1.807, 2.05) is 6.07 Å². The lowest BCUT2D eigenvalue weighted by molar-refractivity contribution is 0.419. The van der Waals surface area contributed by atoms with Crippen molar-refractivity contribution in [3.05, 3.63) is 35.6 Å². The minimum Gasteiger partial charge on any atom is -0.314 e. The number of benzene rings is 1. The van der Waals surface area contributed by atoms with E-state index in [9.17, 15) is 4.39 Å². The highest BCUT2D eigenvalue weighted by molar-refractivity contribution is 5.16. The Labute approximate surface area is 104 Å². The summed E-state index contributed by atoms with van der Waals surface area (Å²) in [5.41, 5.74) is 1.10. The maximum atomic E-state index is 13.0. The largest absolute Gasteiger partial charge is 0.314 e. The Balaban J connectivity index is 2.36. The molecular formula is C15H24FN. The lowest BCUT2D eigenvalue weighted by Crippen LogP contribution is -2.28. The van der Waals surface area contributed by atoms with Gasteiger partial charge in [-0.2, -0.15) is 0 Å². The molecular weight excluding hydrogens is 213 g/mol. The molecule has 0 radical (unpaired) electrons. The molecule has 1 rings (SSSR count). The van der Waals surface area contributed by atoms with E-state index in [1.54, 1.807) is 12.1 Å². The first-order chi connectivity index (χ1) is 8.11. The molecule has 17 heavy (non-hydrogen) atoms. The number of hydrogen-bond acceptors (Lipinski definition) is 1. The van der Waals surface area contributed by atoms with Gasteiger partial charge in [-0.25, -0.2) is 4.39 Å². The average Bonchev–Trinajstić information content (AvgIpc) is 2.26. The van der Waals surface area contributed by atoms with E-state index in [0.29, 0.717) is 12.0 Å². The van der Waals surface area contributed by atoms with E-state index in [-0.39, 0.29) is 5.82 Å². The van der Waals surface area contributed by atoms with Crippen LogP contribution in [0.15, 0.2) is 24.3 Å². The van der Waals surface area contributed by atoms with Crippen LogP contribution in [0.1, 0.15) is 39.2 Å². The highest BCUT2D eigenvalue weighted by Crippen LogP contribution is 2.14. The minimum absolute atomic E-state index is 0.133. The van der Waals surface area contributed by atoms with Crippen molar-refractivity contribution in [3.63, 3.8) is 0 Å². The first-order valence-corrected chi connectivity index (χ1v) is 6.59. The van der Waals surface area contributed by atoms with Gasteiger partial charge >= 0.3 is 0 Å². The van der Waals surface area contributed by atoms with E-state index in [2.05, 4.69) is 26.1 Å². The van der Waals surface area contributed by atoms with Gasteiger partial charge in [-0.15, -0.1) is 0 Å². The summed E-state index contributed by atoms with van der Waals surface area (Å²) in [5.74, 6) is 0.447. The molecule has 0 heterocycles. The fourth-order valence-electron chi connectivity index (χ4n) is 2.23. The van der Waals surface area contributed by atoms with Crippen LogP contribution < -0.4 is 5.32 Å². The molecule has 1 nitrogen and oxygen atoms in total. The van der Waals surface area contributed by atoms with Crippen LogP contribution in [0, 0.1) is 11.7 Å². The van der Waals surface area contributed by atoms with Gasteiger partial charge in [0.25, 0.3) is 0 Å². The zero-order chi connectivity index (χ0) is 12.7. The number of halogens is 1. The molecule has 0 aliphatic carbocycles. The van der Waals surface area contributed by atoms with Crippen LogP contribution in [-0.2, 0) is 6.42 Å². The topological polar surface area (TPSA) is 12.0 Å². The molecule has 0 aromatic heterocycles. The molecule has 0 spiro atoms. The molecule has 2 unspecified atom stereocenters. The molecule has 96 valence electrons. The lowest BCUT2D eigenvalue weighted by Gasteiger charge is -2.18. The fraction of sp³-hybridized carbons (Fsp3) is 0.600. The van der Waals surface area contributed by atoms with E-state index in [4.69, 9.17) is 0 Å². The SMILES string of the molecule is CCCNC(C)CC(C)Cc1cccc(F)c1. The molecule has 0 aliphatic rings. The smallest absolute Gasteiger partial charge is 0.123 e. The van der Waals surface area contributed by atoms with Crippen LogP contribution in [0.2, 0.25) is 0 Å². The molecule has 2 heteroatoms. The Bertz CT molecular complexity index is 324. The molecule has 1 N–H and O–H groups in total. The molecule has 0 bridgehead atoms. The normalized spacial score (nSPS) is 14.6. The maximum Gasteiger partial charge on any atom is 0.123 e. The minimum atomic E-state index is -0.133. The van der Waals surface area contributed by atoms with Gasteiger partial charge in [0, 0.05) is 6.04 Å². The monoisotopic (exact) mass is 237 g/mol. The van der Waals surface area contributed by atoms with Crippen LogP contribution in [0.25, 0.3) is 0 Å². The van der Waals surface area contributed by atoms with Crippen molar-refractivity contribution in [1.82, 2.24) is 5.32 Å². The number of hydrogen-bond donors (Lipinski definition) is 1. The molecule has 0 fully saturated rings. The van der Waals surface area contributed by atoms with Crippen molar-refractivity contribution < 1.29 is 4.39 Å². The van der Waals surface area contributed by atoms with Crippen molar-refractivity contribution in [2.24, 2.45) is 5.92 Å². The summed E-state index contributed by atoms with van der Waals surface area (Å²) in [6, 6.07) is 7.47. The summed E-state index contributed by atoms with van der Waals surface area (Å²) >= 11 is 0. The van der Waals surface area contributed by atoms with Crippen molar-refractivity contribution in [2.75, 3.05) is 6.54 Å². The summed E-state index contributed by atoms with van der Waals surface area (Å²) in [4.78, 5) is 0. The molecule has 0 aliphatic heterocycles. The second-order valence-electron chi connectivity index (χ2n) is 5.03. The van der Waals surface area contributed by atoms with E-state index >= 15 is 0 Å². The average molecular weight is 237 g/mol. The lowest BCUT2D eigenvalue weighted by atomic mass is 9.95. The van der Waals surface area contributed by atoms with E-state index in [1.165, 1.54) is 12.5 Å². The summed E-state index contributed by atoms with van der Waals surface area (Å²) < 4.78 is 13.0. The van der Waals surface area contributed by atoms with Gasteiger partial charge in [0.1, 0.15) is 5.82 Å². The van der Waals surface area contributed by atoms with Crippen LogP contribution in [0.4, 0.5) is 4.39 Å².